The Hall–Kier alpha value is -1.80. The summed E-state index contributed by atoms with van der Waals surface area (Å²) in [6.07, 6.45) is -3.82. The fraction of sp³-hybridized carbons (Fsp3) is 0.500. The van der Waals surface area contributed by atoms with E-state index in [1.807, 2.05) is 0 Å². The molecule has 0 radical (unpaired) electrons. The van der Waals surface area contributed by atoms with Gasteiger partial charge in [-0.2, -0.15) is 13.2 Å². The van der Waals surface area contributed by atoms with Gasteiger partial charge in [0, 0.05) is 13.1 Å². The standard InChI is InChI=1S/C16H16ClF3N2O3/c17-11-2-1-10(16(18,19)20)9-12(11)21-13(23)15(3-4-15)14(24)22-5-7-25-8-6-22/h1-2,9H,3-8H2,(H,21,23). The zero-order valence-electron chi connectivity index (χ0n) is 13.2. The van der Waals surface area contributed by atoms with Crippen molar-refractivity contribution in [1.29, 1.82) is 0 Å². The minimum atomic E-state index is -4.55. The molecule has 0 unspecified atom stereocenters. The number of anilines is 1. The Bertz CT molecular complexity index is 698. The maximum atomic E-state index is 12.8. The number of morpholine rings is 1. The Morgan fingerprint density at radius 1 is 1.20 bits per heavy atom. The lowest BCUT2D eigenvalue weighted by Gasteiger charge is -2.30. The highest BCUT2D eigenvalue weighted by Crippen LogP contribution is 2.48. The molecule has 1 aromatic rings. The summed E-state index contributed by atoms with van der Waals surface area (Å²) in [6.45, 7) is 1.61. The lowest BCUT2D eigenvalue weighted by Crippen LogP contribution is -2.47. The predicted octanol–water partition coefficient (Wildman–Crippen LogP) is 2.94. The van der Waals surface area contributed by atoms with Gasteiger partial charge in [0.15, 0.2) is 0 Å². The van der Waals surface area contributed by atoms with Crippen LogP contribution in [0.25, 0.3) is 0 Å². The lowest BCUT2D eigenvalue weighted by atomic mass is 10.0. The van der Waals surface area contributed by atoms with Crippen molar-refractivity contribution in [1.82, 2.24) is 4.90 Å². The first-order chi connectivity index (χ1) is 11.7. The van der Waals surface area contributed by atoms with Crippen molar-refractivity contribution in [2.45, 2.75) is 19.0 Å². The molecule has 25 heavy (non-hydrogen) atoms. The highest BCUT2D eigenvalue weighted by Gasteiger charge is 2.58. The van der Waals surface area contributed by atoms with Gasteiger partial charge in [-0.3, -0.25) is 9.59 Å². The van der Waals surface area contributed by atoms with Crippen LogP contribution in [0.3, 0.4) is 0 Å². The lowest BCUT2D eigenvalue weighted by molar-refractivity contribution is -0.145. The molecule has 1 heterocycles. The molecule has 1 saturated heterocycles. The Balaban J connectivity index is 1.77. The Kier molecular flexibility index (Phi) is 4.68. The van der Waals surface area contributed by atoms with Crippen molar-refractivity contribution in [2.75, 3.05) is 31.6 Å². The number of halogens is 4. The van der Waals surface area contributed by atoms with Crippen molar-refractivity contribution < 1.29 is 27.5 Å². The molecule has 0 aromatic heterocycles. The first kappa shape index (κ1) is 18.0. The number of hydrogen-bond acceptors (Lipinski definition) is 3. The zero-order chi connectivity index (χ0) is 18.2. The van der Waals surface area contributed by atoms with Gasteiger partial charge < -0.3 is 15.0 Å². The van der Waals surface area contributed by atoms with Crippen LogP contribution < -0.4 is 5.32 Å². The van der Waals surface area contributed by atoms with Crippen molar-refractivity contribution in [2.24, 2.45) is 5.41 Å². The van der Waals surface area contributed by atoms with Crippen molar-refractivity contribution in [3.63, 3.8) is 0 Å². The smallest absolute Gasteiger partial charge is 0.378 e. The first-order valence-electron chi connectivity index (χ1n) is 7.79. The molecule has 0 bridgehead atoms. The summed E-state index contributed by atoms with van der Waals surface area (Å²) in [5.41, 5.74) is -2.28. The molecule has 0 spiro atoms. The van der Waals surface area contributed by atoms with Gasteiger partial charge in [-0.05, 0) is 31.0 Å². The van der Waals surface area contributed by atoms with Crippen LogP contribution in [0, 0.1) is 5.41 Å². The van der Waals surface area contributed by atoms with Crippen molar-refractivity contribution >= 4 is 29.1 Å². The molecule has 1 aliphatic carbocycles. The van der Waals surface area contributed by atoms with Crippen LogP contribution in [0.4, 0.5) is 18.9 Å². The van der Waals surface area contributed by atoms with Crippen LogP contribution >= 0.6 is 11.6 Å². The summed E-state index contributed by atoms with van der Waals surface area (Å²) in [4.78, 5) is 26.7. The second kappa shape index (κ2) is 6.49. The van der Waals surface area contributed by atoms with E-state index in [1.165, 1.54) is 0 Å². The number of nitrogens with zero attached hydrogens (tertiary/aromatic N) is 1. The molecule has 1 aliphatic heterocycles. The minimum Gasteiger partial charge on any atom is -0.378 e. The molecule has 1 saturated carbocycles. The first-order valence-corrected chi connectivity index (χ1v) is 8.17. The van der Waals surface area contributed by atoms with Gasteiger partial charge in [0.1, 0.15) is 5.41 Å². The van der Waals surface area contributed by atoms with E-state index in [-0.39, 0.29) is 16.6 Å². The highest BCUT2D eigenvalue weighted by atomic mass is 35.5. The summed E-state index contributed by atoms with van der Waals surface area (Å²) in [5.74, 6) is -0.929. The number of hydrogen-bond donors (Lipinski definition) is 1. The SMILES string of the molecule is O=C(Nc1cc(C(F)(F)F)ccc1Cl)C1(C(=O)N2CCOCC2)CC1. The molecule has 1 N–H and O–H groups in total. The monoisotopic (exact) mass is 376 g/mol. The van der Waals surface area contributed by atoms with E-state index in [9.17, 15) is 22.8 Å². The van der Waals surface area contributed by atoms with Crippen LogP contribution in [0.5, 0.6) is 0 Å². The Morgan fingerprint density at radius 2 is 1.84 bits per heavy atom. The van der Waals surface area contributed by atoms with E-state index in [4.69, 9.17) is 16.3 Å². The third-order valence-electron chi connectivity index (χ3n) is 4.43. The number of alkyl halides is 3. The fourth-order valence-electron chi connectivity index (χ4n) is 2.77. The molecular formula is C16H16ClF3N2O3. The van der Waals surface area contributed by atoms with Crippen LogP contribution in [0.15, 0.2) is 18.2 Å². The van der Waals surface area contributed by atoms with E-state index >= 15 is 0 Å². The summed E-state index contributed by atoms with van der Waals surface area (Å²) >= 11 is 5.90. The molecule has 3 rings (SSSR count). The molecule has 2 amide bonds. The number of carbonyl (C=O) groups is 2. The van der Waals surface area contributed by atoms with E-state index in [2.05, 4.69) is 5.32 Å². The Labute approximate surface area is 147 Å². The van der Waals surface area contributed by atoms with Gasteiger partial charge in [-0.1, -0.05) is 11.6 Å². The largest absolute Gasteiger partial charge is 0.416 e. The number of ether oxygens (including phenoxy) is 1. The van der Waals surface area contributed by atoms with Crippen LogP contribution in [0.2, 0.25) is 5.02 Å². The fourth-order valence-corrected chi connectivity index (χ4v) is 2.94. The number of benzene rings is 1. The van der Waals surface area contributed by atoms with Gasteiger partial charge in [0.05, 0.1) is 29.5 Å². The second-order valence-electron chi connectivity index (χ2n) is 6.13. The summed E-state index contributed by atoms with van der Waals surface area (Å²) in [6, 6.07) is 2.68. The molecular weight excluding hydrogens is 361 g/mol. The van der Waals surface area contributed by atoms with E-state index < -0.39 is 23.1 Å². The summed E-state index contributed by atoms with van der Waals surface area (Å²) in [5, 5.41) is 2.38. The van der Waals surface area contributed by atoms with E-state index in [0.717, 1.165) is 18.2 Å². The van der Waals surface area contributed by atoms with Gasteiger partial charge in [-0.15, -0.1) is 0 Å². The molecule has 1 aromatic carbocycles. The zero-order valence-corrected chi connectivity index (χ0v) is 13.9. The molecule has 9 heteroatoms. The maximum absolute atomic E-state index is 12.8. The predicted molar refractivity (Wildman–Crippen MR) is 84.1 cm³/mol. The topological polar surface area (TPSA) is 58.6 Å². The highest BCUT2D eigenvalue weighted by molar-refractivity contribution is 6.34. The van der Waals surface area contributed by atoms with Gasteiger partial charge in [-0.25, -0.2) is 0 Å². The molecule has 136 valence electrons. The van der Waals surface area contributed by atoms with Crippen LogP contribution in [-0.2, 0) is 20.5 Å². The molecule has 2 fully saturated rings. The quantitative estimate of drug-likeness (QED) is 0.825. The number of nitrogens with one attached hydrogen (secondary N) is 1. The van der Waals surface area contributed by atoms with Gasteiger partial charge >= 0.3 is 6.18 Å². The maximum Gasteiger partial charge on any atom is 0.416 e. The number of amides is 2. The van der Waals surface area contributed by atoms with Crippen LogP contribution in [-0.4, -0.2) is 43.0 Å². The van der Waals surface area contributed by atoms with Gasteiger partial charge in [0.25, 0.3) is 0 Å². The third kappa shape index (κ3) is 3.59. The molecule has 0 atom stereocenters. The average Bonchev–Trinajstić information content (AvgIpc) is 3.38. The van der Waals surface area contributed by atoms with E-state index in [1.54, 1.807) is 4.90 Å². The normalized spacial score (nSPS) is 19.4. The average molecular weight is 377 g/mol. The number of carbonyl (C=O) groups excluding carboxylic acids is 2. The summed E-state index contributed by atoms with van der Waals surface area (Å²) in [7, 11) is 0. The Morgan fingerprint density at radius 3 is 2.40 bits per heavy atom. The van der Waals surface area contributed by atoms with Crippen molar-refractivity contribution in [3.8, 4) is 0 Å². The van der Waals surface area contributed by atoms with E-state index in [0.29, 0.717) is 39.1 Å². The minimum absolute atomic E-state index is 0.0176. The molecule has 2 aliphatic rings. The summed E-state index contributed by atoms with van der Waals surface area (Å²) < 4.78 is 43.7. The number of rotatable bonds is 3. The molecule has 5 nitrogen and oxygen atoms in total. The van der Waals surface area contributed by atoms with Crippen molar-refractivity contribution in [3.05, 3.63) is 28.8 Å². The van der Waals surface area contributed by atoms with Gasteiger partial charge in [0.2, 0.25) is 11.8 Å². The van der Waals surface area contributed by atoms with Crippen LogP contribution in [0.1, 0.15) is 18.4 Å². The second-order valence-corrected chi connectivity index (χ2v) is 6.54. The third-order valence-corrected chi connectivity index (χ3v) is 4.76.